The number of carboxylic acids is 1. The summed E-state index contributed by atoms with van der Waals surface area (Å²) in [7, 11) is 2.05. The third-order valence-electron chi connectivity index (χ3n) is 7.33. The standard InChI is InChI=1S/C32H32N2O3/c1-33-19-18-28-21-27(15-16-30(28)33)25-13-10-24(11-14-25)22-34(32(37)26-7-3-2-4-8-26)29-9-5-6-23(20-29)12-17-31(35)36/h5-6,9-21,26H,2-4,7-8,22H2,1H3,(H,35,36). The number of aryl methyl sites for hydroxylation is 1. The zero-order chi connectivity index (χ0) is 25.8. The van der Waals surface area contributed by atoms with Crippen molar-refractivity contribution >= 4 is 34.5 Å². The Labute approximate surface area is 217 Å². The summed E-state index contributed by atoms with van der Waals surface area (Å²) < 4.78 is 2.12. The third kappa shape index (κ3) is 5.67. The van der Waals surface area contributed by atoms with Gasteiger partial charge < -0.3 is 14.6 Å². The van der Waals surface area contributed by atoms with E-state index in [9.17, 15) is 9.59 Å². The molecule has 5 nitrogen and oxygen atoms in total. The quantitative estimate of drug-likeness (QED) is 0.281. The Kier molecular flexibility index (Phi) is 7.22. The average molecular weight is 493 g/mol. The van der Waals surface area contributed by atoms with Crippen LogP contribution in [0, 0.1) is 5.92 Å². The first kappa shape index (κ1) is 24.6. The second kappa shape index (κ2) is 10.9. The Hall–Kier alpha value is -4.12. The van der Waals surface area contributed by atoms with Gasteiger partial charge in [0.1, 0.15) is 0 Å². The lowest BCUT2D eigenvalue weighted by Crippen LogP contribution is -2.36. The van der Waals surface area contributed by atoms with E-state index in [1.165, 1.54) is 22.9 Å². The minimum Gasteiger partial charge on any atom is -0.478 e. The Morgan fingerprint density at radius 3 is 2.46 bits per heavy atom. The lowest BCUT2D eigenvalue weighted by Gasteiger charge is -2.30. The fourth-order valence-corrected chi connectivity index (χ4v) is 5.28. The van der Waals surface area contributed by atoms with Gasteiger partial charge in [-0.2, -0.15) is 0 Å². The second-order valence-electron chi connectivity index (χ2n) is 9.92. The largest absolute Gasteiger partial charge is 0.478 e. The molecule has 4 aromatic rings. The van der Waals surface area contributed by atoms with Crippen LogP contribution in [-0.4, -0.2) is 21.6 Å². The summed E-state index contributed by atoms with van der Waals surface area (Å²) in [5, 5.41) is 10.2. The van der Waals surface area contributed by atoms with E-state index in [4.69, 9.17) is 5.11 Å². The van der Waals surface area contributed by atoms with Gasteiger partial charge >= 0.3 is 5.97 Å². The van der Waals surface area contributed by atoms with Crippen molar-refractivity contribution in [2.75, 3.05) is 4.90 Å². The van der Waals surface area contributed by atoms with Crippen molar-refractivity contribution in [3.63, 3.8) is 0 Å². The number of aromatic nitrogens is 1. The third-order valence-corrected chi connectivity index (χ3v) is 7.33. The van der Waals surface area contributed by atoms with E-state index < -0.39 is 5.97 Å². The predicted octanol–water partition coefficient (Wildman–Crippen LogP) is 7.06. The van der Waals surface area contributed by atoms with Gasteiger partial charge in [0, 0.05) is 41.8 Å². The molecule has 1 amide bonds. The normalized spacial score (nSPS) is 14.3. The number of fused-ring (bicyclic) bond motifs is 1. The minimum atomic E-state index is -0.993. The van der Waals surface area contributed by atoms with Gasteiger partial charge in [0.15, 0.2) is 0 Å². The molecule has 1 heterocycles. The van der Waals surface area contributed by atoms with Crippen LogP contribution in [0.5, 0.6) is 0 Å². The van der Waals surface area contributed by atoms with E-state index in [2.05, 4.69) is 66.3 Å². The number of carbonyl (C=O) groups is 2. The Morgan fingerprint density at radius 2 is 1.70 bits per heavy atom. The van der Waals surface area contributed by atoms with Crippen LogP contribution in [-0.2, 0) is 23.2 Å². The molecule has 1 aliphatic rings. The molecule has 37 heavy (non-hydrogen) atoms. The van der Waals surface area contributed by atoms with E-state index in [0.717, 1.165) is 54.1 Å². The zero-order valence-corrected chi connectivity index (χ0v) is 21.1. The number of rotatable bonds is 7. The molecule has 1 aromatic heterocycles. The highest BCUT2D eigenvalue weighted by molar-refractivity contribution is 5.95. The highest BCUT2D eigenvalue weighted by Gasteiger charge is 2.27. The number of hydrogen-bond acceptors (Lipinski definition) is 2. The maximum absolute atomic E-state index is 13.7. The molecular weight excluding hydrogens is 460 g/mol. The monoisotopic (exact) mass is 492 g/mol. The molecule has 0 atom stereocenters. The molecule has 1 N–H and O–H groups in total. The van der Waals surface area contributed by atoms with Crippen LogP contribution in [0.15, 0.2) is 85.1 Å². The van der Waals surface area contributed by atoms with Crippen molar-refractivity contribution in [3.8, 4) is 11.1 Å². The molecule has 1 saturated carbocycles. The summed E-state index contributed by atoms with van der Waals surface area (Å²) in [6.07, 6.45) is 9.98. The van der Waals surface area contributed by atoms with E-state index in [0.29, 0.717) is 6.54 Å². The number of nitrogens with zero attached hydrogens (tertiary/aromatic N) is 2. The van der Waals surface area contributed by atoms with Gasteiger partial charge in [0.05, 0.1) is 6.54 Å². The second-order valence-corrected chi connectivity index (χ2v) is 9.92. The number of hydrogen-bond donors (Lipinski definition) is 1. The average Bonchev–Trinajstić information content (AvgIpc) is 3.31. The van der Waals surface area contributed by atoms with Crippen molar-refractivity contribution in [2.45, 2.75) is 38.6 Å². The van der Waals surface area contributed by atoms with Gasteiger partial charge in [-0.25, -0.2) is 4.79 Å². The number of anilines is 1. The summed E-state index contributed by atoms with van der Waals surface area (Å²) in [5.41, 5.74) is 6.12. The fourth-order valence-electron chi connectivity index (χ4n) is 5.28. The summed E-state index contributed by atoms with van der Waals surface area (Å²) in [5.74, 6) is -0.812. The van der Waals surface area contributed by atoms with Crippen molar-refractivity contribution in [1.29, 1.82) is 0 Å². The Bertz CT molecular complexity index is 1440. The van der Waals surface area contributed by atoms with Crippen molar-refractivity contribution in [2.24, 2.45) is 13.0 Å². The molecule has 5 heteroatoms. The lowest BCUT2D eigenvalue weighted by molar-refractivity contribution is -0.131. The van der Waals surface area contributed by atoms with Crippen LogP contribution in [0.2, 0.25) is 0 Å². The number of carbonyl (C=O) groups excluding carboxylic acids is 1. The number of benzene rings is 3. The predicted molar refractivity (Wildman–Crippen MR) is 149 cm³/mol. The van der Waals surface area contributed by atoms with E-state index in [1.807, 2.05) is 29.2 Å². The number of carboxylic acid groups (broad SMARTS) is 1. The number of aliphatic carboxylic acids is 1. The Morgan fingerprint density at radius 1 is 0.946 bits per heavy atom. The van der Waals surface area contributed by atoms with Crippen molar-refractivity contribution < 1.29 is 14.7 Å². The lowest BCUT2D eigenvalue weighted by atomic mass is 9.88. The van der Waals surface area contributed by atoms with Crippen LogP contribution < -0.4 is 4.90 Å². The van der Waals surface area contributed by atoms with Gasteiger partial charge in [-0.3, -0.25) is 4.79 Å². The van der Waals surface area contributed by atoms with Crippen LogP contribution in [0.25, 0.3) is 28.1 Å². The maximum Gasteiger partial charge on any atom is 0.328 e. The minimum absolute atomic E-state index is 0.0313. The van der Waals surface area contributed by atoms with Crippen LogP contribution in [0.4, 0.5) is 5.69 Å². The molecule has 1 aliphatic carbocycles. The highest BCUT2D eigenvalue weighted by atomic mass is 16.4. The van der Waals surface area contributed by atoms with Gasteiger partial charge in [0.2, 0.25) is 5.91 Å². The first-order valence-corrected chi connectivity index (χ1v) is 12.9. The van der Waals surface area contributed by atoms with Crippen LogP contribution >= 0.6 is 0 Å². The molecule has 5 rings (SSSR count). The molecule has 3 aromatic carbocycles. The summed E-state index contributed by atoms with van der Waals surface area (Å²) in [4.78, 5) is 26.6. The van der Waals surface area contributed by atoms with Crippen LogP contribution in [0.3, 0.4) is 0 Å². The van der Waals surface area contributed by atoms with Crippen molar-refractivity contribution in [3.05, 3.63) is 96.2 Å². The SMILES string of the molecule is Cn1ccc2cc(-c3ccc(CN(C(=O)C4CCCCC4)c4cccc(C=CC(=O)O)c4)cc3)ccc21. The molecule has 0 radical (unpaired) electrons. The smallest absolute Gasteiger partial charge is 0.328 e. The molecule has 0 saturated heterocycles. The molecule has 0 unspecified atom stereocenters. The van der Waals surface area contributed by atoms with Crippen molar-refractivity contribution in [1.82, 2.24) is 4.57 Å². The summed E-state index contributed by atoms with van der Waals surface area (Å²) in [6.45, 7) is 0.472. The molecule has 188 valence electrons. The molecule has 1 fully saturated rings. The molecule has 0 spiro atoms. The highest BCUT2D eigenvalue weighted by Crippen LogP contribution is 2.30. The maximum atomic E-state index is 13.7. The van der Waals surface area contributed by atoms with Gasteiger partial charge in [0.25, 0.3) is 0 Å². The van der Waals surface area contributed by atoms with Gasteiger partial charge in [-0.1, -0.05) is 61.7 Å². The van der Waals surface area contributed by atoms with E-state index in [1.54, 1.807) is 6.08 Å². The summed E-state index contributed by atoms with van der Waals surface area (Å²) in [6, 6.07) is 24.6. The topological polar surface area (TPSA) is 62.5 Å². The summed E-state index contributed by atoms with van der Waals surface area (Å²) >= 11 is 0. The van der Waals surface area contributed by atoms with Gasteiger partial charge in [-0.15, -0.1) is 0 Å². The molecular formula is C32H32N2O3. The molecule has 0 aliphatic heterocycles. The zero-order valence-electron chi connectivity index (χ0n) is 21.1. The number of amides is 1. The molecule has 0 bridgehead atoms. The first-order chi connectivity index (χ1) is 18.0. The first-order valence-electron chi connectivity index (χ1n) is 12.9. The van der Waals surface area contributed by atoms with Crippen LogP contribution in [0.1, 0.15) is 43.2 Å². The van der Waals surface area contributed by atoms with E-state index >= 15 is 0 Å². The Balaban J connectivity index is 1.42. The fraction of sp³-hybridized carbons (Fsp3) is 0.250. The van der Waals surface area contributed by atoms with E-state index in [-0.39, 0.29) is 11.8 Å². The van der Waals surface area contributed by atoms with Gasteiger partial charge in [-0.05, 0) is 71.5 Å².